The fourth-order valence-corrected chi connectivity index (χ4v) is 2.37. The number of carbonyl (C=O) groups is 1. The van der Waals surface area contributed by atoms with Gasteiger partial charge in [-0.05, 0) is 48.4 Å². The predicted octanol–water partition coefficient (Wildman–Crippen LogP) is 3.37. The number of amides is 1. The van der Waals surface area contributed by atoms with Crippen LogP contribution >= 0.6 is 11.6 Å². The van der Waals surface area contributed by atoms with Gasteiger partial charge in [-0.25, -0.2) is 0 Å². The van der Waals surface area contributed by atoms with Crippen LogP contribution in [0.25, 0.3) is 11.5 Å². The second-order valence-corrected chi connectivity index (χ2v) is 5.71. The molecule has 0 fully saturated rings. The van der Waals surface area contributed by atoms with Crippen molar-refractivity contribution in [3.05, 3.63) is 65.0 Å². The Morgan fingerprint density at radius 2 is 2.00 bits per heavy atom. The molecule has 2 aromatic carbocycles. The summed E-state index contributed by atoms with van der Waals surface area (Å²) >= 11 is 5.84. The standard InChI is InChI=1S/C18H16ClN3O3/c1-24-15-4-2-3-12(11-15)9-10-20-16(23)18-22-21-17(25-18)13-5-7-14(19)8-6-13/h2-8,11H,9-10H2,1H3,(H,20,23). The van der Waals surface area contributed by atoms with Crippen LogP contribution in [0.3, 0.4) is 0 Å². The third kappa shape index (κ3) is 4.36. The summed E-state index contributed by atoms with van der Waals surface area (Å²) in [6.45, 7) is 0.449. The molecule has 3 aromatic rings. The van der Waals surface area contributed by atoms with Crippen molar-refractivity contribution in [3.63, 3.8) is 0 Å². The number of aromatic nitrogens is 2. The number of nitrogens with one attached hydrogen (secondary N) is 1. The van der Waals surface area contributed by atoms with E-state index in [1.807, 2.05) is 24.3 Å². The highest BCUT2D eigenvalue weighted by Gasteiger charge is 2.15. The second kappa shape index (κ2) is 7.81. The summed E-state index contributed by atoms with van der Waals surface area (Å²) < 4.78 is 10.6. The fourth-order valence-electron chi connectivity index (χ4n) is 2.25. The van der Waals surface area contributed by atoms with Gasteiger partial charge in [-0.3, -0.25) is 4.79 Å². The summed E-state index contributed by atoms with van der Waals surface area (Å²) in [5.74, 6) is 0.578. The van der Waals surface area contributed by atoms with Crippen molar-refractivity contribution in [2.24, 2.45) is 0 Å². The molecule has 0 aliphatic carbocycles. The monoisotopic (exact) mass is 357 g/mol. The van der Waals surface area contributed by atoms with Gasteiger partial charge in [0.25, 0.3) is 0 Å². The summed E-state index contributed by atoms with van der Waals surface area (Å²) in [4.78, 5) is 12.1. The van der Waals surface area contributed by atoms with E-state index in [0.29, 0.717) is 23.6 Å². The van der Waals surface area contributed by atoms with Gasteiger partial charge in [0, 0.05) is 17.1 Å². The number of halogens is 1. The zero-order valence-corrected chi connectivity index (χ0v) is 14.3. The molecule has 0 saturated heterocycles. The van der Waals surface area contributed by atoms with Gasteiger partial charge in [-0.1, -0.05) is 23.7 Å². The van der Waals surface area contributed by atoms with Crippen LogP contribution in [0, 0.1) is 0 Å². The zero-order valence-electron chi connectivity index (χ0n) is 13.5. The van der Waals surface area contributed by atoms with Gasteiger partial charge in [0.1, 0.15) is 5.75 Å². The Kier molecular flexibility index (Phi) is 5.30. The van der Waals surface area contributed by atoms with E-state index in [0.717, 1.165) is 11.3 Å². The molecule has 0 bridgehead atoms. The van der Waals surface area contributed by atoms with Crippen molar-refractivity contribution in [3.8, 4) is 17.2 Å². The predicted molar refractivity (Wildman–Crippen MR) is 93.8 cm³/mol. The van der Waals surface area contributed by atoms with E-state index < -0.39 is 5.91 Å². The normalized spacial score (nSPS) is 10.5. The quantitative estimate of drug-likeness (QED) is 0.731. The van der Waals surface area contributed by atoms with Gasteiger partial charge in [-0.15, -0.1) is 10.2 Å². The van der Waals surface area contributed by atoms with Crippen LogP contribution in [0.2, 0.25) is 5.02 Å². The first kappa shape index (κ1) is 17.0. The van der Waals surface area contributed by atoms with E-state index in [4.69, 9.17) is 20.8 Å². The molecule has 3 rings (SSSR count). The second-order valence-electron chi connectivity index (χ2n) is 5.28. The average molecular weight is 358 g/mol. The molecule has 0 saturated carbocycles. The highest BCUT2D eigenvalue weighted by molar-refractivity contribution is 6.30. The summed E-state index contributed by atoms with van der Waals surface area (Å²) in [7, 11) is 1.62. The number of hydrogen-bond donors (Lipinski definition) is 1. The minimum absolute atomic E-state index is 0.0735. The highest BCUT2D eigenvalue weighted by Crippen LogP contribution is 2.20. The van der Waals surface area contributed by atoms with Crippen LogP contribution in [0.5, 0.6) is 5.75 Å². The van der Waals surface area contributed by atoms with Gasteiger partial charge in [-0.2, -0.15) is 0 Å². The first-order chi connectivity index (χ1) is 12.2. The van der Waals surface area contributed by atoms with Crippen LogP contribution in [0.4, 0.5) is 0 Å². The minimum Gasteiger partial charge on any atom is -0.497 e. The average Bonchev–Trinajstić information content (AvgIpc) is 3.12. The van der Waals surface area contributed by atoms with Gasteiger partial charge in [0.2, 0.25) is 5.89 Å². The number of benzene rings is 2. The van der Waals surface area contributed by atoms with Crippen molar-refractivity contribution >= 4 is 17.5 Å². The molecule has 0 unspecified atom stereocenters. The van der Waals surface area contributed by atoms with Gasteiger partial charge >= 0.3 is 11.8 Å². The molecular formula is C18H16ClN3O3. The summed E-state index contributed by atoms with van der Waals surface area (Å²) in [5, 5.41) is 11.0. The van der Waals surface area contributed by atoms with E-state index in [1.54, 1.807) is 31.4 Å². The van der Waals surface area contributed by atoms with Crippen molar-refractivity contribution in [1.29, 1.82) is 0 Å². The van der Waals surface area contributed by atoms with Crippen molar-refractivity contribution in [1.82, 2.24) is 15.5 Å². The third-order valence-electron chi connectivity index (χ3n) is 3.54. The molecule has 0 aliphatic rings. The smallest absolute Gasteiger partial charge is 0.308 e. The Balaban J connectivity index is 1.57. The van der Waals surface area contributed by atoms with E-state index in [9.17, 15) is 4.79 Å². The molecule has 128 valence electrons. The number of hydrogen-bond acceptors (Lipinski definition) is 5. The first-order valence-corrected chi connectivity index (χ1v) is 8.04. The molecule has 1 N–H and O–H groups in total. The fraction of sp³-hybridized carbons (Fsp3) is 0.167. The SMILES string of the molecule is COc1cccc(CCNC(=O)c2nnc(-c3ccc(Cl)cc3)o2)c1. The minimum atomic E-state index is -0.407. The summed E-state index contributed by atoms with van der Waals surface area (Å²) in [5.41, 5.74) is 1.76. The largest absolute Gasteiger partial charge is 0.497 e. The Morgan fingerprint density at radius 1 is 1.20 bits per heavy atom. The maximum Gasteiger partial charge on any atom is 0.308 e. The van der Waals surface area contributed by atoms with Crippen LogP contribution in [0.15, 0.2) is 52.9 Å². The number of carbonyl (C=O) groups excluding carboxylic acids is 1. The molecular weight excluding hydrogens is 342 g/mol. The Morgan fingerprint density at radius 3 is 2.76 bits per heavy atom. The van der Waals surface area contributed by atoms with Crippen molar-refractivity contribution < 1.29 is 13.9 Å². The van der Waals surface area contributed by atoms with Crippen LogP contribution in [0.1, 0.15) is 16.2 Å². The lowest BCUT2D eigenvalue weighted by molar-refractivity contribution is 0.0920. The maximum absolute atomic E-state index is 12.1. The zero-order chi connectivity index (χ0) is 17.6. The van der Waals surface area contributed by atoms with E-state index in [2.05, 4.69) is 15.5 Å². The van der Waals surface area contributed by atoms with Gasteiger partial charge in [0.05, 0.1) is 7.11 Å². The lowest BCUT2D eigenvalue weighted by Crippen LogP contribution is -2.26. The molecule has 1 amide bonds. The molecule has 1 aromatic heterocycles. The Hall–Kier alpha value is -2.86. The first-order valence-electron chi connectivity index (χ1n) is 7.66. The van der Waals surface area contributed by atoms with Crippen molar-refractivity contribution in [2.75, 3.05) is 13.7 Å². The van der Waals surface area contributed by atoms with E-state index in [-0.39, 0.29) is 11.8 Å². The molecule has 0 radical (unpaired) electrons. The lowest BCUT2D eigenvalue weighted by atomic mass is 10.1. The number of methoxy groups -OCH3 is 1. The molecule has 0 spiro atoms. The summed E-state index contributed by atoms with van der Waals surface area (Å²) in [6, 6.07) is 14.6. The number of rotatable bonds is 6. The lowest BCUT2D eigenvalue weighted by Gasteiger charge is -2.05. The van der Waals surface area contributed by atoms with Crippen LogP contribution in [-0.4, -0.2) is 29.8 Å². The Labute approximate surface area is 149 Å². The molecule has 7 heteroatoms. The molecule has 0 atom stereocenters. The molecule has 25 heavy (non-hydrogen) atoms. The summed E-state index contributed by atoms with van der Waals surface area (Å²) in [6.07, 6.45) is 0.668. The van der Waals surface area contributed by atoms with Crippen LogP contribution in [-0.2, 0) is 6.42 Å². The van der Waals surface area contributed by atoms with Gasteiger partial charge < -0.3 is 14.5 Å². The third-order valence-corrected chi connectivity index (χ3v) is 3.80. The molecule has 0 aliphatic heterocycles. The number of nitrogens with zero attached hydrogens (tertiary/aromatic N) is 2. The van der Waals surface area contributed by atoms with Crippen LogP contribution < -0.4 is 10.1 Å². The maximum atomic E-state index is 12.1. The molecule has 1 heterocycles. The molecule has 6 nitrogen and oxygen atoms in total. The van der Waals surface area contributed by atoms with E-state index in [1.165, 1.54) is 0 Å². The Bertz CT molecular complexity index is 862. The van der Waals surface area contributed by atoms with E-state index >= 15 is 0 Å². The van der Waals surface area contributed by atoms with Gasteiger partial charge in [0.15, 0.2) is 0 Å². The van der Waals surface area contributed by atoms with Crippen molar-refractivity contribution in [2.45, 2.75) is 6.42 Å². The number of ether oxygens (including phenoxy) is 1. The highest BCUT2D eigenvalue weighted by atomic mass is 35.5. The topological polar surface area (TPSA) is 77.2 Å².